The molecule has 1 aliphatic rings. The average Bonchev–Trinajstić information content (AvgIpc) is 2.52. The predicted octanol–water partition coefficient (Wildman–Crippen LogP) is -0.318. The fourth-order valence-corrected chi connectivity index (χ4v) is 1.19. The van der Waals surface area contributed by atoms with Crippen molar-refractivity contribution in [1.29, 1.82) is 0 Å². The molecular weight excluding hydrogens is 147 g/mol. The van der Waals surface area contributed by atoms with Crippen LogP contribution in [0.2, 0.25) is 0 Å². The van der Waals surface area contributed by atoms with E-state index in [0.29, 0.717) is 12.5 Å². The van der Waals surface area contributed by atoms with E-state index < -0.39 is 12.6 Å². The van der Waals surface area contributed by atoms with E-state index in [2.05, 4.69) is 10.6 Å². The summed E-state index contributed by atoms with van der Waals surface area (Å²) in [4.78, 5) is 10.5. The molecule has 3 nitrogen and oxygen atoms in total. The van der Waals surface area contributed by atoms with E-state index in [-0.39, 0.29) is 0 Å². The summed E-state index contributed by atoms with van der Waals surface area (Å²) >= 11 is 0. The first-order valence-electron chi connectivity index (χ1n) is 3.86. The van der Waals surface area contributed by atoms with Gasteiger partial charge in [-0.2, -0.15) is 0 Å². The van der Waals surface area contributed by atoms with Gasteiger partial charge >= 0.3 is 0 Å². The summed E-state index contributed by atoms with van der Waals surface area (Å²) in [5, 5.41) is 5.69. The summed E-state index contributed by atoms with van der Waals surface area (Å²) in [6.07, 6.45) is 1.08. The lowest BCUT2D eigenvalue weighted by Crippen LogP contribution is -2.31. The Morgan fingerprint density at radius 1 is 1.73 bits per heavy atom. The van der Waals surface area contributed by atoms with E-state index >= 15 is 0 Å². The van der Waals surface area contributed by atoms with Gasteiger partial charge in [0.15, 0.2) is 6.67 Å². The number of carbonyl (C=O) groups excluding carboxylic acids is 1. The van der Waals surface area contributed by atoms with E-state index in [1.807, 2.05) is 0 Å². The zero-order valence-corrected chi connectivity index (χ0v) is 6.40. The van der Waals surface area contributed by atoms with Crippen molar-refractivity contribution in [3.63, 3.8) is 0 Å². The molecule has 0 aromatic rings. The van der Waals surface area contributed by atoms with E-state index in [9.17, 15) is 9.18 Å². The van der Waals surface area contributed by atoms with E-state index in [4.69, 9.17) is 0 Å². The molecule has 0 bridgehead atoms. The minimum atomic E-state index is -0.903. The molecule has 1 amide bonds. The van der Waals surface area contributed by atoms with Crippen LogP contribution in [0.1, 0.15) is 6.42 Å². The van der Waals surface area contributed by atoms with Crippen molar-refractivity contribution in [3.8, 4) is 0 Å². The third-order valence-electron chi connectivity index (χ3n) is 1.87. The minimum Gasteiger partial charge on any atom is -0.354 e. The number of hydrogen-bond donors (Lipinski definition) is 2. The molecule has 1 atom stereocenters. The Hall–Kier alpha value is -0.640. The highest BCUT2D eigenvalue weighted by molar-refractivity contribution is 5.76. The maximum Gasteiger partial charge on any atom is 0.251 e. The second-order valence-corrected chi connectivity index (χ2v) is 2.80. The predicted molar refractivity (Wildman–Crippen MR) is 40.0 cm³/mol. The molecule has 0 spiro atoms. The SMILES string of the molecule is O=C(CF)NC[C@H]1CCNC1. The van der Waals surface area contributed by atoms with Crippen LogP contribution in [0.3, 0.4) is 0 Å². The number of hydrogen-bond acceptors (Lipinski definition) is 2. The molecule has 1 rings (SSSR count). The summed E-state index contributed by atoms with van der Waals surface area (Å²) in [6.45, 7) is 1.65. The van der Waals surface area contributed by atoms with Gasteiger partial charge < -0.3 is 10.6 Å². The number of carbonyl (C=O) groups is 1. The molecule has 0 saturated carbocycles. The van der Waals surface area contributed by atoms with Gasteiger partial charge in [-0.15, -0.1) is 0 Å². The van der Waals surface area contributed by atoms with Gasteiger partial charge in [0, 0.05) is 6.54 Å². The van der Waals surface area contributed by atoms with Crippen molar-refractivity contribution in [2.24, 2.45) is 5.92 Å². The van der Waals surface area contributed by atoms with Gasteiger partial charge in [0.05, 0.1) is 0 Å². The second-order valence-electron chi connectivity index (χ2n) is 2.80. The summed E-state index contributed by atoms with van der Waals surface area (Å²) in [6, 6.07) is 0. The second kappa shape index (κ2) is 4.28. The van der Waals surface area contributed by atoms with Gasteiger partial charge in [0.25, 0.3) is 5.91 Å². The Balaban J connectivity index is 2.06. The number of halogens is 1. The molecular formula is C7H13FN2O. The lowest BCUT2D eigenvalue weighted by atomic mass is 10.1. The molecule has 0 unspecified atom stereocenters. The van der Waals surface area contributed by atoms with Crippen LogP contribution in [-0.4, -0.2) is 32.2 Å². The molecule has 0 radical (unpaired) electrons. The maximum absolute atomic E-state index is 11.6. The minimum absolute atomic E-state index is 0.491. The molecule has 0 aromatic carbocycles. The number of rotatable bonds is 3. The maximum atomic E-state index is 11.6. The van der Waals surface area contributed by atoms with Crippen LogP contribution in [0.25, 0.3) is 0 Å². The monoisotopic (exact) mass is 160 g/mol. The van der Waals surface area contributed by atoms with E-state index in [0.717, 1.165) is 19.5 Å². The van der Waals surface area contributed by atoms with Gasteiger partial charge in [-0.25, -0.2) is 4.39 Å². The normalized spacial score (nSPS) is 23.5. The number of nitrogens with one attached hydrogen (secondary N) is 2. The van der Waals surface area contributed by atoms with Crippen LogP contribution in [0.15, 0.2) is 0 Å². The van der Waals surface area contributed by atoms with Gasteiger partial charge in [-0.05, 0) is 25.4 Å². The molecule has 1 saturated heterocycles. The standard InChI is InChI=1S/C7H13FN2O/c8-3-7(11)10-5-6-1-2-9-4-6/h6,9H,1-5H2,(H,10,11)/t6-/m0/s1. The Labute approximate surface area is 65.3 Å². The fraction of sp³-hybridized carbons (Fsp3) is 0.857. The molecule has 4 heteroatoms. The van der Waals surface area contributed by atoms with Crippen molar-refractivity contribution in [2.75, 3.05) is 26.3 Å². The van der Waals surface area contributed by atoms with Crippen LogP contribution in [0.5, 0.6) is 0 Å². The highest BCUT2D eigenvalue weighted by atomic mass is 19.1. The van der Waals surface area contributed by atoms with E-state index in [1.165, 1.54) is 0 Å². The number of alkyl halides is 1. The average molecular weight is 160 g/mol. The van der Waals surface area contributed by atoms with Crippen LogP contribution in [0, 0.1) is 5.92 Å². The van der Waals surface area contributed by atoms with Crippen molar-refractivity contribution in [3.05, 3.63) is 0 Å². The lowest BCUT2D eigenvalue weighted by Gasteiger charge is -2.07. The fourth-order valence-electron chi connectivity index (χ4n) is 1.19. The van der Waals surface area contributed by atoms with Crippen molar-refractivity contribution in [1.82, 2.24) is 10.6 Å². The highest BCUT2D eigenvalue weighted by Crippen LogP contribution is 2.04. The first-order valence-corrected chi connectivity index (χ1v) is 3.86. The smallest absolute Gasteiger partial charge is 0.251 e. The Morgan fingerprint density at radius 2 is 2.55 bits per heavy atom. The lowest BCUT2D eigenvalue weighted by molar-refractivity contribution is -0.122. The summed E-state index contributed by atoms with van der Waals surface area (Å²) in [5.41, 5.74) is 0. The topological polar surface area (TPSA) is 41.1 Å². The zero-order valence-electron chi connectivity index (χ0n) is 6.40. The summed E-state index contributed by atoms with van der Waals surface area (Å²) in [7, 11) is 0. The Kier molecular flexibility index (Phi) is 3.29. The van der Waals surface area contributed by atoms with Gasteiger partial charge in [0.1, 0.15) is 0 Å². The molecule has 11 heavy (non-hydrogen) atoms. The first kappa shape index (κ1) is 8.46. The van der Waals surface area contributed by atoms with Crippen LogP contribution in [-0.2, 0) is 4.79 Å². The van der Waals surface area contributed by atoms with Crippen LogP contribution < -0.4 is 10.6 Å². The first-order chi connectivity index (χ1) is 5.33. The Bertz CT molecular complexity index is 134. The van der Waals surface area contributed by atoms with Crippen molar-refractivity contribution < 1.29 is 9.18 Å². The van der Waals surface area contributed by atoms with Gasteiger partial charge in [-0.3, -0.25) is 4.79 Å². The van der Waals surface area contributed by atoms with Crippen LogP contribution >= 0.6 is 0 Å². The Morgan fingerprint density at radius 3 is 3.09 bits per heavy atom. The van der Waals surface area contributed by atoms with Gasteiger partial charge in [0.2, 0.25) is 0 Å². The van der Waals surface area contributed by atoms with Gasteiger partial charge in [-0.1, -0.05) is 0 Å². The quantitative estimate of drug-likeness (QED) is 0.594. The van der Waals surface area contributed by atoms with E-state index in [1.54, 1.807) is 0 Å². The zero-order chi connectivity index (χ0) is 8.10. The molecule has 2 N–H and O–H groups in total. The molecule has 1 fully saturated rings. The number of amides is 1. The summed E-state index contributed by atoms with van der Waals surface area (Å²) < 4.78 is 11.6. The summed E-state index contributed by atoms with van der Waals surface area (Å²) in [5.74, 6) is -0.0117. The van der Waals surface area contributed by atoms with Crippen LogP contribution in [0.4, 0.5) is 4.39 Å². The highest BCUT2D eigenvalue weighted by Gasteiger charge is 2.14. The van der Waals surface area contributed by atoms with Crippen molar-refractivity contribution in [2.45, 2.75) is 6.42 Å². The third-order valence-corrected chi connectivity index (χ3v) is 1.87. The largest absolute Gasteiger partial charge is 0.354 e. The molecule has 1 aliphatic heterocycles. The molecule has 64 valence electrons. The molecule has 0 aromatic heterocycles. The van der Waals surface area contributed by atoms with Crippen molar-refractivity contribution >= 4 is 5.91 Å². The molecule has 1 heterocycles. The third kappa shape index (κ3) is 2.84. The molecule has 0 aliphatic carbocycles.